The summed E-state index contributed by atoms with van der Waals surface area (Å²) in [4.78, 5) is 44.8. The first kappa shape index (κ1) is 69.3. The molecule has 1 amide bonds. The molecule has 344 valence electrons. The van der Waals surface area contributed by atoms with Gasteiger partial charge in [-0.05, 0) is 70.9 Å². The third kappa shape index (κ3) is 38.5. The Morgan fingerprint density at radius 3 is 1.40 bits per heavy atom. The van der Waals surface area contributed by atoms with Crippen LogP contribution in [-0.2, 0) is 57.0 Å². The van der Waals surface area contributed by atoms with Crippen molar-refractivity contribution in [3.8, 4) is 0 Å². The maximum atomic E-state index is 11.9. The summed E-state index contributed by atoms with van der Waals surface area (Å²) in [7, 11) is -8.97. The number of amides is 1. The van der Waals surface area contributed by atoms with Crippen LogP contribution >= 0.6 is 0 Å². The molecule has 0 rings (SSSR count). The van der Waals surface area contributed by atoms with Gasteiger partial charge in [0.1, 0.15) is 6.61 Å². The van der Waals surface area contributed by atoms with Gasteiger partial charge in [0, 0.05) is 13.0 Å². The fraction of sp³-hybridized carbons (Fsp3) is 0.895. The average Bonchev–Trinajstić information content (AvgIpc) is 3.10. The van der Waals surface area contributed by atoms with Crippen molar-refractivity contribution in [3.05, 3.63) is 4.72 Å². The van der Waals surface area contributed by atoms with E-state index in [1.165, 1.54) is 18.9 Å². The molecule has 0 aromatic rings. The van der Waals surface area contributed by atoms with Crippen molar-refractivity contribution in [2.45, 2.75) is 159 Å². The zero-order valence-electron chi connectivity index (χ0n) is 36.4. The molecule has 0 bridgehead atoms. The standard InChI is InChI=1S/C16H36O3Si2.C11H22O4.C9H14F3NO5S.2CH4.K/c1-8-10-13-20(4,5)19-21(6,7)14-11-12-18-16(17)15(3)9-2;1-4-10(3)11(12)15-9-8-14-7-6-13-5-2;1-3-6(2)8(15)18-5-4-7(14)13-19(16,17)9(10,11)12;;;/h15H,8-14H2,1-7H3;10H,4-9H2,1-3H3;6H,3-5H2,1-2H3,(H,13,14);2*1H4;/q;;;;;+1/p-1. The molecule has 0 heterocycles. The minimum Gasteiger partial charge on any atom is -0.538 e. The second-order valence-electron chi connectivity index (χ2n) is 14.2. The number of esters is 3. The largest absolute Gasteiger partial charge is 1.00 e. The minimum absolute atomic E-state index is 0. The van der Waals surface area contributed by atoms with E-state index in [-0.39, 0.29) is 90.0 Å². The molecule has 0 aliphatic carbocycles. The first-order chi connectivity index (χ1) is 25.4. The topological polar surface area (TPSA) is 172 Å². The van der Waals surface area contributed by atoms with E-state index in [1.807, 2.05) is 34.6 Å². The summed E-state index contributed by atoms with van der Waals surface area (Å²) in [5.41, 5.74) is -5.62. The molecule has 0 aliphatic heterocycles. The molecule has 0 saturated heterocycles. The smallest absolute Gasteiger partial charge is 0.538 e. The normalized spacial score (nSPS) is 12.8. The monoisotopic (exact) mass is 925 g/mol. The first-order valence-corrected chi connectivity index (χ1v) is 27.0. The van der Waals surface area contributed by atoms with E-state index < -0.39 is 63.0 Å². The summed E-state index contributed by atoms with van der Waals surface area (Å²) >= 11 is 0. The third-order valence-electron chi connectivity index (χ3n) is 8.02. The number of unbranched alkanes of at least 4 members (excludes halogenated alkanes) is 1. The number of halogens is 3. The van der Waals surface area contributed by atoms with Crippen LogP contribution in [0, 0.1) is 17.8 Å². The summed E-state index contributed by atoms with van der Waals surface area (Å²) in [6.07, 6.45) is 4.88. The van der Waals surface area contributed by atoms with Crippen LogP contribution in [0.3, 0.4) is 0 Å². The molecule has 0 N–H and O–H groups in total. The Kier molecular flexibility index (Phi) is 45.7. The van der Waals surface area contributed by atoms with Gasteiger partial charge in [0.2, 0.25) is 0 Å². The predicted octanol–water partition coefficient (Wildman–Crippen LogP) is 6.81. The fourth-order valence-electron chi connectivity index (χ4n) is 4.09. The Morgan fingerprint density at radius 2 is 1.00 bits per heavy atom. The molecule has 3 atom stereocenters. The van der Waals surface area contributed by atoms with Gasteiger partial charge in [-0.1, -0.05) is 76.2 Å². The zero-order valence-corrected chi connectivity index (χ0v) is 42.4. The third-order valence-corrected chi connectivity index (χ3v) is 16.6. The van der Waals surface area contributed by atoms with E-state index >= 15 is 0 Å². The molecule has 0 radical (unpaired) electrons. The summed E-state index contributed by atoms with van der Waals surface area (Å²) in [6, 6.07) is 2.33. The molecule has 0 saturated carbocycles. The molecule has 0 aromatic heterocycles. The van der Waals surface area contributed by atoms with Gasteiger partial charge in [0.25, 0.3) is 0 Å². The Labute approximate surface area is 394 Å². The van der Waals surface area contributed by atoms with Crippen molar-refractivity contribution in [1.82, 2.24) is 0 Å². The quantitative estimate of drug-likeness (QED) is 0.0385. The minimum atomic E-state index is -5.83. The van der Waals surface area contributed by atoms with Crippen molar-refractivity contribution in [2.24, 2.45) is 17.8 Å². The predicted molar refractivity (Wildman–Crippen MR) is 225 cm³/mol. The van der Waals surface area contributed by atoms with Gasteiger partial charge < -0.3 is 37.3 Å². The number of carbonyl (C=O) groups is 4. The number of rotatable bonds is 26. The maximum absolute atomic E-state index is 11.9. The van der Waals surface area contributed by atoms with Crippen molar-refractivity contribution in [1.29, 1.82) is 0 Å². The summed E-state index contributed by atoms with van der Waals surface area (Å²) < 4.78 is 90.4. The van der Waals surface area contributed by atoms with Gasteiger partial charge in [0.15, 0.2) is 26.7 Å². The number of alkyl halides is 3. The second-order valence-corrected chi connectivity index (χ2v) is 24.7. The van der Waals surface area contributed by atoms with Crippen molar-refractivity contribution < 1.29 is 120 Å². The molecule has 0 aromatic carbocycles. The van der Waals surface area contributed by atoms with Gasteiger partial charge >= 0.3 is 74.8 Å². The molecule has 0 aliphatic rings. The number of hydrogen-bond donors (Lipinski definition) is 0. The Hall–Kier alpha value is -0.430. The second kappa shape index (κ2) is 38.3. The number of carbonyl (C=O) groups excluding carboxylic acids is 4. The molecular weight excluding hydrogens is 847 g/mol. The van der Waals surface area contributed by atoms with Crippen LogP contribution in [0.1, 0.15) is 115 Å². The van der Waals surface area contributed by atoms with E-state index in [9.17, 15) is 40.8 Å². The van der Waals surface area contributed by atoms with Crippen LogP contribution in [0.5, 0.6) is 0 Å². The summed E-state index contributed by atoms with van der Waals surface area (Å²) in [5.74, 6) is -2.75. The van der Waals surface area contributed by atoms with Gasteiger partial charge in [-0.3, -0.25) is 14.4 Å². The Morgan fingerprint density at radius 1 is 0.621 bits per heavy atom. The Balaban J connectivity index is -0.000000173. The maximum Gasteiger partial charge on any atom is 1.00 e. The van der Waals surface area contributed by atoms with E-state index in [1.54, 1.807) is 13.8 Å². The van der Waals surface area contributed by atoms with Crippen LogP contribution in [0.2, 0.25) is 38.3 Å². The number of hydrogen-bond acceptors (Lipinski definition) is 12. The number of sulfonamides is 1. The van der Waals surface area contributed by atoms with Crippen molar-refractivity contribution in [2.75, 3.05) is 46.2 Å². The van der Waals surface area contributed by atoms with Crippen molar-refractivity contribution in [3.63, 3.8) is 0 Å². The van der Waals surface area contributed by atoms with Crippen LogP contribution in [0.15, 0.2) is 0 Å². The number of nitrogens with zero attached hydrogens (tertiary/aromatic N) is 1. The summed E-state index contributed by atoms with van der Waals surface area (Å²) in [5, 5.41) is 0. The molecular formula is C38H79F3KNO12SSi2. The SMILES string of the molecule is C.C.CCC(C)C(=O)OCCC(=O)[N-]S(=O)(=O)C(F)(F)F.CCCC[Si](C)(C)O[Si](C)(C)CCCOC(=O)C(C)CC.CCOCCOCCOC(=O)C(C)CC.[K+]. The molecule has 3 unspecified atom stereocenters. The van der Waals surface area contributed by atoms with Gasteiger partial charge in [-0.15, -0.1) is 0 Å². The van der Waals surface area contributed by atoms with Crippen LogP contribution < -0.4 is 51.4 Å². The number of ether oxygens (including phenoxy) is 5. The molecule has 20 heteroatoms. The van der Waals surface area contributed by atoms with E-state index in [4.69, 9.17) is 23.1 Å². The van der Waals surface area contributed by atoms with E-state index in [0.717, 1.165) is 25.3 Å². The van der Waals surface area contributed by atoms with Gasteiger partial charge in [-0.2, -0.15) is 13.2 Å². The van der Waals surface area contributed by atoms with Crippen molar-refractivity contribution >= 4 is 50.5 Å². The summed E-state index contributed by atoms with van der Waals surface area (Å²) in [6.45, 7) is 27.1. The fourth-order valence-corrected chi connectivity index (χ4v) is 13.5. The van der Waals surface area contributed by atoms with Gasteiger partial charge in [-0.25, -0.2) is 8.42 Å². The Bertz CT molecular complexity index is 1180. The van der Waals surface area contributed by atoms with Gasteiger partial charge in [0.05, 0.1) is 56.7 Å². The van der Waals surface area contributed by atoms with Crippen LogP contribution in [0.4, 0.5) is 13.2 Å². The van der Waals surface area contributed by atoms with Crippen LogP contribution in [-0.4, -0.2) is 101 Å². The average molecular weight is 926 g/mol. The van der Waals surface area contributed by atoms with E-state index in [2.05, 4.69) is 42.6 Å². The molecule has 13 nitrogen and oxygen atoms in total. The van der Waals surface area contributed by atoms with E-state index in [0.29, 0.717) is 46.1 Å². The van der Waals surface area contributed by atoms with Crippen LogP contribution in [0.25, 0.3) is 4.72 Å². The first-order valence-electron chi connectivity index (χ1n) is 19.3. The molecule has 0 spiro atoms. The zero-order chi connectivity index (χ0) is 43.3. The molecule has 58 heavy (non-hydrogen) atoms. The molecule has 0 fully saturated rings.